The van der Waals surface area contributed by atoms with E-state index in [4.69, 9.17) is 29.4 Å². The van der Waals surface area contributed by atoms with Gasteiger partial charge in [-0.2, -0.15) is 0 Å². The zero-order chi connectivity index (χ0) is 20.7. The van der Waals surface area contributed by atoms with Gasteiger partial charge >= 0.3 is 6.09 Å². The molecule has 166 valence electrons. The van der Waals surface area contributed by atoms with Crippen LogP contribution in [-0.2, 0) is 23.7 Å². The number of nitrogens with two attached hydrogens (primary N) is 1. The molecule has 1 heterocycles. The van der Waals surface area contributed by atoms with Crippen LogP contribution in [0.15, 0.2) is 0 Å². The van der Waals surface area contributed by atoms with Crippen molar-refractivity contribution in [3.8, 4) is 0 Å². The molecule has 9 nitrogen and oxygen atoms in total. The molecule has 2 N–H and O–H groups in total. The Morgan fingerprint density at radius 3 is 1.71 bits per heavy atom. The zero-order valence-electron chi connectivity index (χ0n) is 17.8. The van der Waals surface area contributed by atoms with Gasteiger partial charge in [-0.1, -0.05) is 0 Å². The Morgan fingerprint density at radius 1 is 0.786 bits per heavy atom. The van der Waals surface area contributed by atoms with E-state index in [1.54, 1.807) is 4.90 Å². The number of hydrogen-bond acceptors (Lipinski definition) is 8. The summed E-state index contributed by atoms with van der Waals surface area (Å²) >= 11 is 0. The minimum Gasteiger partial charge on any atom is -0.444 e. The second kappa shape index (κ2) is 14.9. The average Bonchev–Trinajstić information content (AvgIpc) is 2.64. The molecule has 0 aromatic rings. The van der Waals surface area contributed by atoms with Gasteiger partial charge < -0.3 is 34.3 Å². The quantitative estimate of drug-likeness (QED) is 0.419. The third kappa shape index (κ3) is 13.2. The van der Waals surface area contributed by atoms with E-state index in [2.05, 4.69) is 4.90 Å². The van der Waals surface area contributed by atoms with Crippen LogP contribution in [0.5, 0.6) is 0 Å². The molecule has 0 aromatic heterocycles. The highest BCUT2D eigenvalue weighted by molar-refractivity contribution is 5.68. The Morgan fingerprint density at radius 2 is 1.25 bits per heavy atom. The topological polar surface area (TPSA) is 95.7 Å². The summed E-state index contributed by atoms with van der Waals surface area (Å²) < 4.78 is 27.0. The molecule has 0 spiro atoms. The van der Waals surface area contributed by atoms with E-state index in [1.807, 2.05) is 20.8 Å². The Bertz CT molecular complexity index is 398. The zero-order valence-corrected chi connectivity index (χ0v) is 17.8. The number of ether oxygens (including phenoxy) is 5. The normalized spacial score (nSPS) is 15.8. The van der Waals surface area contributed by atoms with E-state index in [-0.39, 0.29) is 6.09 Å². The molecule has 1 saturated heterocycles. The first-order valence-corrected chi connectivity index (χ1v) is 10.1. The Labute approximate surface area is 169 Å². The highest BCUT2D eigenvalue weighted by atomic mass is 16.6. The van der Waals surface area contributed by atoms with Crippen molar-refractivity contribution in [1.29, 1.82) is 0 Å². The van der Waals surface area contributed by atoms with Crippen LogP contribution in [0.2, 0.25) is 0 Å². The van der Waals surface area contributed by atoms with Gasteiger partial charge in [0, 0.05) is 39.3 Å². The molecular formula is C19H39N3O6. The predicted octanol–water partition coefficient (Wildman–Crippen LogP) is 0.564. The molecule has 28 heavy (non-hydrogen) atoms. The van der Waals surface area contributed by atoms with Crippen molar-refractivity contribution in [2.45, 2.75) is 26.4 Å². The first kappa shape index (κ1) is 25.1. The number of carbonyl (C=O) groups excluding carboxylic acids is 1. The van der Waals surface area contributed by atoms with E-state index in [0.717, 1.165) is 19.6 Å². The summed E-state index contributed by atoms with van der Waals surface area (Å²) in [4.78, 5) is 16.1. The molecule has 0 unspecified atom stereocenters. The molecule has 0 radical (unpaired) electrons. The molecular weight excluding hydrogens is 366 g/mol. The van der Waals surface area contributed by atoms with Crippen LogP contribution < -0.4 is 5.73 Å². The van der Waals surface area contributed by atoms with Gasteiger partial charge in [0.25, 0.3) is 0 Å². The summed E-state index contributed by atoms with van der Waals surface area (Å²) in [5.74, 6) is 0. The van der Waals surface area contributed by atoms with Gasteiger partial charge in [-0.15, -0.1) is 0 Å². The first-order valence-electron chi connectivity index (χ1n) is 10.1. The number of rotatable bonds is 14. The molecule has 0 aromatic carbocycles. The smallest absolute Gasteiger partial charge is 0.410 e. The lowest BCUT2D eigenvalue weighted by atomic mass is 10.2. The number of hydrogen-bond donors (Lipinski definition) is 1. The van der Waals surface area contributed by atoms with Crippen molar-refractivity contribution in [3.05, 3.63) is 0 Å². The third-order valence-corrected chi connectivity index (χ3v) is 3.95. The van der Waals surface area contributed by atoms with Crippen molar-refractivity contribution in [2.75, 3.05) is 92.1 Å². The van der Waals surface area contributed by atoms with E-state index in [9.17, 15) is 4.79 Å². The van der Waals surface area contributed by atoms with E-state index in [1.165, 1.54) is 0 Å². The van der Waals surface area contributed by atoms with Gasteiger partial charge in [0.15, 0.2) is 0 Å². The van der Waals surface area contributed by atoms with Gasteiger partial charge in [-0.25, -0.2) is 4.79 Å². The number of amides is 1. The maximum Gasteiger partial charge on any atom is 0.410 e. The summed E-state index contributed by atoms with van der Waals surface area (Å²) in [7, 11) is 0. The van der Waals surface area contributed by atoms with E-state index >= 15 is 0 Å². The first-order chi connectivity index (χ1) is 13.4. The molecule has 9 heteroatoms. The second-order valence-corrected chi connectivity index (χ2v) is 7.55. The summed E-state index contributed by atoms with van der Waals surface area (Å²) in [6.45, 7) is 14.7. The lowest BCUT2D eigenvalue weighted by Gasteiger charge is -2.35. The monoisotopic (exact) mass is 405 g/mol. The lowest BCUT2D eigenvalue weighted by Crippen LogP contribution is -2.50. The van der Waals surface area contributed by atoms with E-state index < -0.39 is 5.60 Å². The van der Waals surface area contributed by atoms with Crippen molar-refractivity contribution >= 4 is 6.09 Å². The van der Waals surface area contributed by atoms with Gasteiger partial charge in [0.1, 0.15) is 5.60 Å². The summed E-state index contributed by atoms with van der Waals surface area (Å²) in [6, 6.07) is 0. The van der Waals surface area contributed by atoms with Gasteiger partial charge in [0.2, 0.25) is 0 Å². The van der Waals surface area contributed by atoms with Crippen molar-refractivity contribution in [1.82, 2.24) is 9.80 Å². The predicted molar refractivity (Wildman–Crippen MR) is 107 cm³/mol. The summed E-state index contributed by atoms with van der Waals surface area (Å²) in [6.07, 6.45) is -0.229. The highest BCUT2D eigenvalue weighted by Crippen LogP contribution is 2.11. The molecule has 0 aliphatic carbocycles. The molecule has 1 aliphatic rings. The molecule has 0 bridgehead atoms. The minimum atomic E-state index is -0.449. The van der Waals surface area contributed by atoms with Crippen molar-refractivity contribution in [3.63, 3.8) is 0 Å². The number of carbonyl (C=O) groups is 1. The molecule has 1 amide bonds. The molecule has 1 aliphatic heterocycles. The Balaban J connectivity index is 1.88. The van der Waals surface area contributed by atoms with E-state index in [0.29, 0.717) is 72.5 Å². The Kier molecular flexibility index (Phi) is 13.4. The minimum absolute atomic E-state index is 0.229. The lowest BCUT2D eigenvalue weighted by molar-refractivity contribution is -0.00642. The standard InChI is InChI=1S/C19H39N3O6/c1-19(2,3)28-18(23)22-7-5-21(6-8-22)9-11-25-13-15-27-17-16-26-14-12-24-10-4-20/h4-17,20H2,1-3H3. The molecule has 0 saturated carbocycles. The van der Waals surface area contributed by atoms with Crippen LogP contribution in [0.1, 0.15) is 20.8 Å². The van der Waals surface area contributed by atoms with Crippen LogP contribution in [0, 0.1) is 0 Å². The maximum atomic E-state index is 12.0. The number of piperazine rings is 1. The van der Waals surface area contributed by atoms with Crippen LogP contribution >= 0.6 is 0 Å². The van der Waals surface area contributed by atoms with Gasteiger partial charge in [-0.05, 0) is 20.8 Å². The average molecular weight is 406 g/mol. The van der Waals surface area contributed by atoms with Crippen molar-refractivity contribution in [2.24, 2.45) is 5.73 Å². The second-order valence-electron chi connectivity index (χ2n) is 7.55. The molecule has 1 fully saturated rings. The van der Waals surface area contributed by atoms with Crippen LogP contribution in [0.4, 0.5) is 4.79 Å². The maximum absolute atomic E-state index is 12.0. The SMILES string of the molecule is CC(C)(C)OC(=O)N1CCN(CCOCCOCCOCCOCCN)CC1. The summed E-state index contributed by atoms with van der Waals surface area (Å²) in [5.41, 5.74) is 4.87. The van der Waals surface area contributed by atoms with Crippen LogP contribution in [-0.4, -0.2) is 114 Å². The highest BCUT2D eigenvalue weighted by Gasteiger charge is 2.25. The molecule has 0 atom stereocenters. The molecule has 1 rings (SSSR count). The fourth-order valence-corrected chi connectivity index (χ4v) is 2.52. The summed E-state index contributed by atoms with van der Waals surface area (Å²) in [5, 5.41) is 0. The number of nitrogens with zero attached hydrogens (tertiary/aromatic N) is 2. The van der Waals surface area contributed by atoms with Crippen LogP contribution in [0.25, 0.3) is 0 Å². The fraction of sp³-hybridized carbons (Fsp3) is 0.947. The van der Waals surface area contributed by atoms with Gasteiger partial charge in [0.05, 0.1) is 52.9 Å². The van der Waals surface area contributed by atoms with Gasteiger partial charge in [-0.3, -0.25) is 4.90 Å². The third-order valence-electron chi connectivity index (χ3n) is 3.95. The van der Waals surface area contributed by atoms with Crippen molar-refractivity contribution < 1.29 is 28.5 Å². The van der Waals surface area contributed by atoms with Crippen LogP contribution in [0.3, 0.4) is 0 Å². The fourth-order valence-electron chi connectivity index (χ4n) is 2.52. The Hall–Kier alpha value is -0.970. The largest absolute Gasteiger partial charge is 0.444 e.